The average molecular weight is 322 g/mol. The summed E-state index contributed by atoms with van der Waals surface area (Å²) in [5.41, 5.74) is 1.22. The summed E-state index contributed by atoms with van der Waals surface area (Å²) in [7, 11) is 1.56. The van der Waals surface area contributed by atoms with Crippen LogP contribution in [0.25, 0.3) is 11.1 Å². The molecule has 0 N–H and O–H groups in total. The first-order valence-electron chi connectivity index (χ1n) is 5.02. The van der Waals surface area contributed by atoms with Crippen molar-refractivity contribution in [2.45, 2.75) is 0 Å². The fraction of sp³-hybridized carbons (Fsp3) is 0.0769. The van der Waals surface area contributed by atoms with Crippen molar-refractivity contribution >= 4 is 46.4 Å². The second-order valence-corrected chi connectivity index (χ2v) is 5.13. The van der Waals surface area contributed by atoms with Crippen LogP contribution in [0.5, 0.6) is 5.75 Å². The first-order valence-corrected chi connectivity index (χ1v) is 6.53. The molecular weight excluding hydrogens is 314 g/mol. The van der Waals surface area contributed by atoms with Crippen LogP contribution < -0.4 is 4.74 Å². The maximum atomic E-state index is 6.20. The van der Waals surface area contributed by atoms with E-state index >= 15 is 0 Å². The van der Waals surface area contributed by atoms with Gasteiger partial charge in [-0.1, -0.05) is 52.5 Å². The normalized spacial score (nSPS) is 10.5. The van der Waals surface area contributed by atoms with Gasteiger partial charge in [0.1, 0.15) is 5.75 Å². The van der Waals surface area contributed by atoms with Crippen molar-refractivity contribution in [1.29, 1.82) is 0 Å². The molecule has 0 bridgehead atoms. The molecule has 1 nitrogen and oxygen atoms in total. The van der Waals surface area contributed by atoms with E-state index in [-0.39, 0.29) is 0 Å². The number of rotatable bonds is 2. The van der Waals surface area contributed by atoms with Gasteiger partial charge >= 0.3 is 0 Å². The number of hydrogen-bond acceptors (Lipinski definition) is 1. The summed E-state index contributed by atoms with van der Waals surface area (Å²) >= 11 is 24.6. The van der Waals surface area contributed by atoms with E-state index in [1.54, 1.807) is 37.4 Å². The second-order valence-electron chi connectivity index (χ2n) is 3.54. The Morgan fingerprint density at radius 3 is 2.06 bits per heavy atom. The summed E-state index contributed by atoms with van der Waals surface area (Å²) in [5.74, 6) is 0.591. The molecule has 0 amide bonds. The van der Waals surface area contributed by atoms with E-state index in [0.29, 0.717) is 37.0 Å². The van der Waals surface area contributed by atoms with Crippen LogP contribution in [0.3, 0.4) is 0 Å². The zero-order valence-corrected chi connectivity index (χ0v) is 12.3. The van der Waals surface area contributed by atoms with Crippen LogP contribution in [0.2, 0.25) is 20.1 Å². The summed E-state index contributed by atoms with van der Waals surface area (Å²) in [6.45, 7) is 0. The van der Waals surface area contributed by atoms with E-state index in [9.17, 15) is 0 Å². The molecule has 0 aliphatic heterocycles. The highest BCUT2D eigenvalue weighted by molar-refractivity contribution is 6.47. The highest BCUT2D eigenvalue weighted by Crippen LogP contribution is 2.45. The predicted molar refractivity (Wildman–Crippen MR) is 78.5 cm³/mol. The Hall–Kier alpha value is -0.600. The summed E-state index contributed by atoms with van der Waals surface area (Å²) in [5, 5.41) is 1.74. The summed E-state index contributed by atoms with van der Waals surface area (Å²) in [6, 6.07) is 8.63. The van der Waals surface area contributed by atoms with Gasteiger partial charge in [0.05, 0.1) is 27.2 Å². The van der Waals surface area contributed by atoms with Crippen molar-refractivity contribution in [2.24, 2.45) is 0 Å². The molecule has 18 heavy (non-hydrogen) atoms. The quantitative estimate of drug-likeness (QED) is 0.618. The Morgan fingerprint density at radius 2 is 1.39 bits per heavy atom. The van der Waals surface area contributed by atoms with Crippen LogP contribution in [-0.2, 0) is 0 Å². The topological polar surface area (TPSA) is 9.23 Å². The molecule has 0 atom stereocenters. The Bertz CT molecular complexity index is 596. The molecule has 0 aromatic heterocycles. The molecule has 0 aliphatic carbocycles. The molecule has 0 spiro atoms. The van der Waals surface area contributed by atoms with E-state index in [2.05, 4.69) is 0 Å². The number of hydrogen-bond donors (Lipinski definition) is 0. The highest BCUT2D eigenvalue weighted by atomic mass is 35.5. The van der Waals surface area contributed by atoms with E-state index < -0.39 is 0 Å². The lowest BCUT2D eigenvalue weighted by molar-refractivity contribution is 0.416. The van der Waals surface area contributed by atoms with Gasteiger partial charge in [-0.25, -0.2) is 0 Å². The zero-order valence-electron chi connectivity index (χ0n) is 9.31. The molecule has 0 aliphatic rings. The largest absolute Gasteiger partial charge is 0.496 e. The van der Waals surface area contributed by atoms with Gasteiger partial charge in [-0.2, -0.15) is 0 Å². The lowest BCUT2D eigenvalue weighted by atomic mass is 10.0. The van der Waals surface area contributed by atoms with Crippen LogP contribution in [0.1, 0.15) is 0 Å². The van der Waals surface area contributed by atoms with Crippen LogP contribution >= 0.6 is 46.4 Å². The maximum Gasteiger partial charge on any atom is 0.128 e. The Labute approximate surface area is 125 Å². The minimum absolute atomic E-state index is 0.357. The Kier molecular flexibility index (Phi) is 4.29. The minimum atomic E-state index is 0.357. The van der Waals surface area contributed by atoms with Crippen LogP contribution in [0.15, 0.2) is 30.3 Å². The molecule has 2 rings (SSSR count). The molecule has 0 heterocycles. The zero-order chi connectivity index (χ0) is 13.3. The van der Waals surface area contributed by atoms with Crippen molar-refractivity contribution in [1.82, 2.24) is 0 Å². The van der Waals surface area contributed by atoms with Crippen molar-refractivity contribution in [2.75, 3.05) is 7.11 Å². The van der Waals surface area contributed by atoms with Gasteiger partial charge in [0.15, 0.2) is 0 Å². The molecule has 0 radical (unpaired) electrons. The van der Waals surface area contributed by atoms with Crippen molar-refractivity contribution in [3.8, 4) is 16.9 Å². The summed E-state index contributed by atoms with van der Waals surface area (Å²) < 4.78 is 5.29. The number of benzene rings is 2. The molecule has 0 saturated heterocycles. The maximum absolute atomic E-state index is 6.20. The molecule has 94 valence electrons. The first-order chi connectivity index (χ1) is 8.56. The lowest BCUT2D eigenvalue weighted by Gasteiger charge is -2.14. The minimum Gasteiger partial charge on any atom is -0.496 e. The SMILES string of the molecule is COc1cccc(Cl)c1-c1c(Cl)ccc(Cl)c1Cl. The Balaban J connectivity index is 2.81. The first kappa shape index (κ1) is 13.8. The Morgan fingerprint density at radius 1 is 0.778 bits per heavy atom. The molecule has 5 heteroatoms. The molecule has 0 unspecified atom stereocenters. The van der Waals surface area contributed by atoms with Crippen LogP contribution in [-0.4, -0.2) is 7.11 Å². The standard InChI is InChI=1S/C13H8Cl4O/c1-18-10-4-2-3-7(14)11(10)12-8(15)5-6-9(16)13(12)17/h2-6H,1H3. The van der Waals surface area contributed by atoms with Crippen LogP contribution in [0.4, 0.5) is 0 Å². The summed E-state index contributed by atoms with van der Waals surface area (Å²) in [6.07, 6.45) is 0. The third-order valence-corrected chi connectivity index (χ3v) is 3.92. The van der Waals surface area contributed by atoms with E-state index in [4.69, 9.17) is 51.1 Å². The highest BCUT2D eigenvalue weighted by Gasteiger charge is 2.18. The van der Waals surface area contributed by atoms with Gasteiger partial charge in [0.2, 0.25) is 0 Å². The molecule has 2 aromatic carbocycles. The molecule has 0 saturated carbocycles. The lowest BCUT2D eigenvalue weighted by Crippen LogP contribution is -1.91. The fourth-order valence-corrected chi connectivity index (χ4v) is 2.65. The van der Waals surface area contributed by atoms with E-state index in [1.165, 1.54) is 0 Å². The molecule has 2 aromatic rings. The van der Waals surface area contributed by atoms with E-state index in [0.717, 1.165) is 0 Å². The van der Waals surface area contributed by atoms with Gasteiger partial charge in [-0.05, 0) is 24.3 Å². The monoisotopic (exact) mass is 320 g/mol. The van der Waals surface area contributed by atoms with Gasteiger partial charge < -0.3 is 4.74 Å². The fourth-order valence-electron chi connectivity index (χ4n) is 1.67. The van der Waals surface area contributed by atoms with Crippen molar-refractivity contribution in [3.63, 3.8) is 0 Å². The number of halogens is 4. The van der Waals surface area contributed by atoms with Crippen molar-refractivity contribution < 1.29 is 4.74 Å². The second kappa shape index (κ2) is 5.58. The predicted octanol–water partition coefficient (Wildman–Crippen LogP) is 5.98. The van der Waals surface area contributed by atoms with E-state index in [1.807, 2.05) is 0 Å². The summed E-state index contributed by atoms with van der Waals surface area (Å²) in [4.78, 5) is 0. The molecular formula is C13H8Cl4O. The number of ether oxygens (including phenoxy) is 1. The smallest absolute Gasteiger partial charge is 0.128 e. The number of methoxy groups -OCH3 is 1. The average Bonchev–Trinajstić information content (AvgIpc) is 2.36. The van der Waals surface area contributed by atoms with Gasteiger partial charge in [0, 0.05) is 11.1 Å². The van der Waals surface area contributed by atoms with Gasteiger partial charge in [-0.15, -0.1) is 0 Å². The third kappa shape index (κ3) is 2.41. The van der Waals surface area contributed by atoms with Crippen LogP contribution in [0, 0.1) is 0 Å². The van der Waals surface area contributed by atoms with Gasteiger partial charge in [-0.3, -0.25) is 0 Å². The third-order valence-electron chi connectivity index (χ3n) is 2.49. The van der Waals surface area contributed by atoms with Gasteiger partial charge in [0.25, 0.3) is 0 Å². The molecule has 0 fully saturated rings. The van der Waals surface area contributed by atoms with Crippen molar-refractivity contribution in [3.05, 3.63) is 50.4 Å².